The molecule has 2 saturated heterocycles. The van der Waals surface area contributed by atoms with Crippen molar-refractivity contribution in [1.82, 2.24) is 30.2 Å². The molecule has 6 rings (SSSR count). The number of aliphatic hydroxyl groups excluding tert-OH is 1. The average molecular weight is 530 g/mol. The first kappa shape index (κ1) is 25.2. The minimum absolute atomic E-state index is 0.113. The van der Waals surface area contributed by atoms with Crippen LogP contribution in [-0.2, 0) is 4.74 Å². The molecule has 0 saturated carbocycles. The monoisotopic (exact) mass is 529 g/mol. The molecular formula is C28H31N7O4. The van der Waals surface area contributed by atoms with Gasteiger partial charge >= 0.3 is 0 Å². The summed E-state index contributed by atoms with van der Waals surface area (Å²) in [5.74, 6) is 1.69. The van der Waals surface area contributed by atoms with Gasteiger partial charge in [-0.3, -0.25) is 9.78 Å². The zero-order valence-electron chi connectivity index (χ0n) is 21.6. The lowest BCUT2D eigenvalue weighted by molar-refractivity contribution is -0.0122. The smallest absolute Gasteiger partial charge is 0.252 e. The van der Waals surface area contributed by atoms with Gasteiger partial charge in [-0.05, 0) is 42.8 Å². The van der Waals surface area contributed by atoms with Crippen molar-refractivity contribution in [1.29, 1.82) is 0 Å². The molecule has 2 aliphatic rings. The Kier molecular flexibility index (Phi) is 7.10. The van der Waals surface area contributed by atoms with E-state index in [0.717, 1.165) is 54.1 Å². The molecule has 4 N–H and O–H groups in total. The number of amides is 1. The number of aliphatic hydroxyl groups is 1. The number of aryl methyl sites for hydroxylation is 1. The van der Waals surface area contributed by atoms with Crippen LogP contribution in [0.5, 0.6) is 5.75 Å². The molecule has 0 aliphatic carbocycles. The molecule has 0 radical (unpaired) electrons. The largest absolute Gasteiger partial charge is 0.488 e. The van der Waals surface area contributed by atoms with Crippen LogP contribution in [0.25, 0.3) is 16.6 Å². The Morgan fingerprint density at radius 3 is 2.74 bits per heavy atom. The van der Waals surface area contributed by atoms with Crippen LogP contribution in [0, 0.1) is 6.92 Å². The Balaban J connectivity index is 1.20. The Hall–Kier alpha value is -4.06. The van der Waals surface area contributed by atoms with E-state index < -0.39 is 0 Å². The standard InChI is InChI=1S/C28H31N7O4/c1-17-8-24(25(14-30-17)39-23-10-20-15-38-16-21(11-23)32-20)18-4-6-35-22(9-18)12-27(34-35)33-26-3-2-19(13-31-26)28(37)29-5-7-36/h2-4,6,8-9,12-14,20-21,23,32,36H,5,7,10-11,15-16H2,1H3,(H,29,37)(H,31,33,34)/t20-,21+,23-. The van der Waals surface area contributed by atoms with Crippen LogP contribution < -0.4 is 20.7 Å². The van der Waals surface area contributed by atoms with E-state index in [2.05, 4.69) is 43.1 Å². The van der Waals surface area contributed by atoms with Crippen LogP contribution in [0.2, 0.25) is 0 Å². The van der Waals surface area contributed by atoms with E-state index in [1.165, 1.54) is 6.20 Å². The Labute approximate surface area is 225 Å². The molecule has 3 atom stereocenters. The van der Waals surface area contributed by atoms with Crippen LogP contribution in [0.1, 0.15) is 28.9 Å². The number of hydrogen-bond acceptors (Lipinski definition) is 9. The molecule has 39 heavy (non-hydrogen) atoms. The van der Waals surface area contributed by atoms with E-state index in [4.69, 9.17) is 14.6 Å². The second-order valence-electron chi connectivity index (χ2n) is 9.98. The van der Waals surface area contributed by atoms with Crippen molar-refractivity contribution in [2.45, 2.75) is 38.0 Å². The molecule has 2 fully saturated rings. The number of carbonyl (C=O) groups excluding carboxylic acids is 1. The fourth-order valence-corrected chi connectivity index (χ4v) is 5.16. The van der Waals surface area contributed by atoms with Crippen molar-refractivity contribution in [2.75, 3.05) is 31.7 Å². The highest BCUT2D eigenvalue weighted by atomic mass is 16.5. The number of ether oxygens (including phenoxy) is 2. The summed E-state index contributed by atoms with van der Waals surface area (Å²) >= 11 is 0. The quantitative estimate of drug-likeness (QED) is 0.271. The van der Waals surface area contributed by atoms with Gasteiger partial charge in [0, 0.05) is 61.2 Å². The molecule has 2 bridgehead atoms. The molecule has 2 aliphatic heterocycles. The van der Waals surface area contributed by atoms with Gasteiger partial charge in [-0.1, -0.05) is 0 Å². The first-order valence-corrected chi connectivity index (χ1v) is 13.1. The van der Waals surface area contributed by atoms with Crippen molar-refractivity contribution in [3.8, 4) is 16.9 Å². The Morgan fingerprint density at radius 1 is 1.13 bits per heavy atom. The van der Waals surface area contributed by atoms with E-state index in [0.29, 0.717) is 29.3 Å². The normalized spacial score (nSPS) is 20.5. The number of rotatable bonds is 8. The first-order chi connectivity index (χ1) is 19.0. The number of carbonyl (C=O) groups is 1. The third-order valence-electron chi connectivity index (χ3n) is 6.96. The lowest BCUT2D eigenvalue weighted by atomic mass is 9.94. The number of pyridine rings is 3. The van der Waals surface area contributed by atoms with Crippen LogP contribution in [0.3, 0.4) is 0 Å². The number of hydrogen-bond donors (Lipinski definition) is 4. The predicted molar refractivity (Wildman–Crippen MR) is 145 cm³/mol. The number of fused-ring (bicyclic) bond motifs is 3. The van der Waals surface area contributed by atoms with Crippen molar-refractivity contribution < 1.29 is 19.4 Å². The summed E-state index contributed by atoms with van der Waals surface area (Å²) in [5, 5.41) is 22.9. The van der Waals surface area contributed by atoms with Gasteiger partial charge in [-0.25, -0.2) is 9.50 Å². The van der Waals surface area contributed by atoms with Gasteiger partial charge in [0.1, 0.15) is 17.7 Å². The van der Waals surface area contributed by atoms with Gasteiger partial charge in [0.25, 0.3) is 5.91 Å². The average Bonchev–Trinajstić information content (AvgIpc) is 3.34. The van der Waals surface area contributed by atoms with Gasteiger partial charge in [0.15, 0.2) is 5.82 Å². The predicted octanol–water partition coefficient (Wildman–Crippen LogP) is 2.46. The summed E-state index contributed by atoms with van der Waals surface area (Å²) in [4.78, 5) is 20.9. The molecule has 202 valence electrons. The molecular weight excluding hydrogens is 498 g/mol. The van der Waals surface area contributed by atoms with Gasteiger partial charge < -0.3 is 30.5 Å². The van der Waals surface area contributed by atoms with Crippen LogP contribution in [0.15, 0.2) is 55.0 Å². The molecule has 11 heteroatoms. The maximum atomic E-state index is 12.0. The second-order valence-corrected chi connectivity index (χ2v) is 9.98. The molecule has 11 nitrogen and oxygen atoms in total. The summed E-state index contributed by atoms with van der Waals surface area (Å²) in [7, 11) is 0. The maximum absolute atomic E-state index is 12.0. The van der Waals surface area contributed by atoms with Crippen molar-refractivity contribution in [3.63, 3.8) is 0 Å². The topological polar surface area (TPSA) is 135 Å². The fraction of sp³-hybridized carbons (Fsp3) is 0.357. The summed E-state index contributed by atoms with van der Waals surface area (Å²) < 4.78 is 14.0. The van der Waals surface area contributed by atoms with Gasteiger partial charge in [0.05, 0.1) is 37.1 Å². The van der Waals surface area contributed by atoms with E-state index in [1.807, 2.05) is 31.5 Å². The second kappa shape index (κ2) is 11.0. The summed E-state index contributed by atoms with van der Waals surface area (Å²) in [6, 6.07) is 12.1. The lowest BCUT2D eigenvalue weighted by Crippen LogP contribution is -2.56. The molecule has 6 heterocycles. The zero-order chi connectivity index (χ0) is 26.8. The number of nitrogens with one attached hydrogen (secondary N) is 3. The number of aromatic nitrogens is 4. The van der Waals surface area contributed by atoms with Crippen molar-refractivity contribution in [2.24, 2.45) is 0 Å². The number of morpholine rings is 1. The molecule has 4 aromatic rings. The minimum Gasteiger partial charge on any atom is -0.488 e. The van der Waals surface area contributed by atoms with E-state index in [9.17, 15) is 4.79 Å². The maximum Gasteiger partial charge on any atom is 0.252 e. The van der Waals surface area contributed by atoms with E-state index in [-0.39, 0.29) is 25.2 Å². The van der Waals surface area contributed by atoms with Crippen molar-refractivity contribution >= 4 is 23.1 Å². The number of nitrogens with zero attached hydrogens (tertiary/aromatic N) is 4. The summed E-state index contributed by atoms with van der Waals surface area (Å²) in [6.07, 6.45) is 7.16. The van der Waals surface area contributed by atoms with E-state index >= 15 is 0 Å². The molecule has 0 unspecified atom stereocenters. The minimum atomic E-state index is -0.282. The van der Waals surface area contributed by atoms with Crippen molar-refractivity contribution in [3.05, 3.63) is 66.2 Å². The zero-order valence-corrected chi connectivity index (χ0v) is 21.6. The molecule has 0 spiro atoms. The first-order valence-electron chi connectivity index (χ1n) is 13.1. The lowest BCUT2D eigenvalue weighted by Gasteiger charge is -2.40. The summed E-state index contributed by atoms with van der Waals surface area (Å²) in [6.45, 7) is 3.52. The Bertz CT molecular complexity index is 1460. The fourth-order valence-electron chi connectivity index (χ4n) is 5.16. The highest BCUT2D eigenvalue weighted by Crippen LogP contribution is 2.34. The third-order valence-corrected chi connectivity index (χ3v) is 6.96. The number of piperidine rings is 1. The highest BCUT2D eigenvalue weighted by molar-refractivity contribution is 5.94. The van der Waals surface area contributed by atoms with Gasteiger partial charge in [0.2, 0.25) is 0 Å². The Morgan fingerprint density at radius 2 is 1.97 bits per heavy atom. The van der Waals surface area contributed by atoms with Crippen LogP contribution in [-0.4, -0.2) is 75.1 Å². The molecule has 0 aromatic carbocycles. The van der Waals surface area contributed by atoms with Gasteiger partial charge in [-0.15, -0.1) is 0 Å². The molecule has 4 aromatic heterocycles. The van der Waals surface area contributed by atoms with Crippen LogP contribution in [0.4, 0.5) is 11.6 Å². The van der Waals surface area contributed by atoms with Crippen LogP contribution >= 0.6 is 0 Å². The third kappa shape index (κ3) is 5.70. The van der Waals surface area contributed by atoms with E-state index in [1.54, 1.807) is 16.6 Å². The number of anilines is 2. The summed E-state index contributed by atoms with van der Waals surface area (Å²) in [5.41, 5.74) is 4.26. The molecule has 1 amide bonds. The SMILES string of the molecule is Cc1cc(-c2ccn3nc(Nc4ccc(C(=O)NCCO)cn4)cc3c2)c(O[C@H]2C[C@H]3COC[C@@H](C2)N3)cn1. The highest BCUT2D eigenvalue weighted by Gasteiger charge is 2.33. The van der Waals surface area contributed by atoms with Gasteiger partial charge in [-0.2, -0.15) is 5.10 Å².